The smallest absolute Gasteiger partial charge is 0.273 e. The second-order valence-electron chi connectivity index (χ2n) is 8.27. The molecule has 0 bridgehead atoms. The van der Waals surface area contributed by atoms with E-state index in [4.69, 9.17) is 32.7 Å². The van der Waals surface area contributed by atoms with E-state index in [-0.39, 0.29) is 35.1 Å². The van der Waals surface area contributed by atoms with Crippen molar-refractivity contribution in [2.45, 2.75) is 20.0 Å². The van der Waals surface area contributed by atoms with Crippen LogP contribution in [0, 0.1) is 6.92 Å². The molecule has 5 rings (SSSR count). The van der Waals surface area contributed by atoms with Crippen LogP contribution in [0.1, 0.15) is 37.1 Å². The minimum Gasteiger partial charge on any atom is -0.494 e. The van der Waals surface area contributed by atoms with Gasteiger partial charge in [0, 0.05) is 23.0 Å². The molecular weight excluding hydrogens is 551 g/mol. The van der Waals surface area contributed by atoms with E-state index in [1.807, 2.05) is 6.92 Å². The lowest BCUT2D eigenvalue weighted by Crippen LogP contribution is -2.26. The summed E-state index contributed by atoms with van der Waals surface area (Å²) in [5.74, 6) is 0.00227. The second-order valence-corrected chi connectivity index (χ2v) is 10.1. The number of aromatic nitrogens is 4. The van der Waals surface area contributed by atoms with E-state index >= 15 is 0 Å². The van der Waals surface area contributed by atoms with Crippen LogP contribution in [-0.2, 0) is 13.1 Å². The number of nitrogens with one attached hydrogen (secondary N) is 1. The third-order valence-electron chi connectivity index (χ3n) is 5.82. The van der Waals surface area contributed by atoms with Crippen molar-refractivity contribution in [3.8, 4) is 22.8 Å². The van der Waals surface area contributed by atoms with Gasteiger partial charge in [0.15, 0.2) is 5.13 Å². The molecule has 2 amide bonds. The number of halogens is 2. The van der Waals surface area contributed by atoms with Crippen molar-refractivity contribution in [3.05, 3.63) is 74.4 Å². The van der Waals surface area contributed by atoms with Crippen molar-refractivity contribution in [1.82, 2.24) is 24.8 Å². The predicted molar refractivity (Wildman–Crippen MR) is 143 cm³/mol. The SMILES string of the molecule is COc1cnc(Cl)cc1-c1cc(C)ncc1C(=O)Nc1nc2c(s1)CN(C(=O)c1ccc(Cl)c(OC)n1)C2. The van der Waals surface area contributed by atoms with Gasteiger partial charge in [-0.05, 0) is 31.2 Å². The van der Waals surface area contributed by atoms with Gasteiger partial charge >= 0.3 is 0 Å². The number of carbonyl (C=O) groups excluding carboxylic acids is 2. The number of pyridine rings is 3. The average Bonchev–Trinajstić information content (AvgIpc) is 3.47. The third kappa shape index (κ3) is 5.00. The molecule has 13 heteroatoms. The maximum Gasteiger partial charge on any atom is 0.273 e. The Morgan fingerprint density at radius 2 is 1.84 bits per heavy atom. The largest absolute Gasteiger partial charge is 0.494 e. The number of methoxy groups -OCH3 is 2. The summed E-state index contributed by atoms with van der Waals surface area (Å²) in [7, 11) is 2.96. The summed E-state index contributed by atoms with van der Waals surface area (Å²) < 4.78 is 10.5. The van der Waals surface area contributed by atoms with Crippen LogP contribution in [0.5, 0.6) is 11.6 Å². The van der Waals surface area contributed by atoms with Gasteiger partial charge in [-0.2, -0.15) is 0 Å². The number of thiazole rings is 1. The van der Waals surface area contributed by atoms with Crippen molar-refractivity contribution in [2.24, 2.45) is 0 Å². The highest BCUT2D eigenvalue weighted by Crippen LogP contribution is 2.36. The summed E-state index contributed by atoms with van der Waals surface area (Å²) in [6, 6.07) is 6.55. The molecule has 10 nitrogen and oxygen atoms in total. The zero-order valence-electron chi connectivity index (χ0n) is 20.4. The molecule has 1 aliphatic rings. The lowest BCUT2D eigenvalue weighted by molar-refractivity contribution is 0.0744. The lowest BCUT2D eigenvalue weighted by atomic mass is 10.0. The van der Waals surface area contributed by atoms with E-state index in [0.717, 1.165) is 10.6 Å². The Hall–Kier alpha value is -3.80. The van der Waals surface area contributed by atoms with Crippen molar-refractivity contribution in [1.29, 1.82) is 0 Å². The summed E-state index contributed by atoms with van der Waals surface area (Å²) in [4.78, 5) is 45.8. The van der Waals surface area contributed by atoms with E-state index in [0.29, 0.717) is 44.8 Å². The van der Waals surface area contributed by atoms with E-state index in [1.54, 1.807) is 29.2 Å². The molecule has 0 unspecified atom stereocenters. The molecular formula is C25H20Cl2N6O4S. The first-order chi connectivity index (χ1) is 18.3. The molecule has 0 radical (unpaired) electrons. The van der Waals surface area contributed by atoms with Gasteiger partial charge in [0.25, 0.3) is 11.8 Å². The Bertz CT molecular complexity index is 1550. The normalized spacial score (nSPS) is 12.3. The Kier molecular flexibility index (Phi) is 7.15. The highest BCUT2D eigenvalue weighted by Gasteiger charge is 2.30. The van der Waals surface area contributed by atoms with Crippen LogP contribution < -0.4 is 14.8 Å². The first kappa shape index (κ1) is 25.8. The number of anilines is 1. The summed E-state index contributed by atoms with van der Waals surface area (Å²) in [5.41, 5.74) is 3.20. The number of amides is 2. The second kappa shape index (κ2) is 10.5. The molecule has 1 aliphatic heterocycles. The number of hydrogen-bond donors (Lipinski definition) is 1. The Labute approximate surface area is 231 Å². The van der Waals surface area contributed by atoms with E-state index in [2.05, 4.69) is 25.3 Å². The number of nitrogens with zero attached hydrogens (tertiary/aromatic N) is 5. The molecule has 0 atom stereocenters. The van der Waals surface area contributed by atoms with Gasteiger partial charge in [0.05, 0.1) is 49.6 Å². The Morgan fingerprint density at radius 1 is 1.03 bits per heavy atom. The molecule has 0 spiro atoms. The summed E-state index contributed by atoms with van der Waals surface area (Å²) in [6.45, 7) is 2.46. The van der Waals surface area contributed by atoms with Crippen molar-refractivity contribution in [3.63, 3.8) is 0 Å². The van der Waals surface area contributed by atoms with Crippen LogP contribution >= 0.6 is 34.5 Å². The molecule has 4 aromatic heterocycles. The quantitative estimate of drug-likeness (QED) is 0.320. The van der Waals surface area contributed by atoms with Gasteiger partial charge in [0.1, 0.15) is 21.6 Å². The molecule has 38 heavy (non-hydrogen) atoms. The summed E-state index contributed by atoms with van der Waals surface area (Å²) in [6.07, 6.45) is 3.01. The van der Waals surface area contributed by atoms with Crippen LogP contribution in [-0.4, -0.2) is 50.9 Å². The molecule has 4 aromatic rings. The van der Waals surface area contributed by atoms with E-state index < -0.39 is 0 Å². The molecule has 194 valence electrons. The van der Waals surface area contributed by atoms with Crippen molar-refractivity contribution >= 4 is 51.5 Å². The lowest BCUT2D eigenvalue weighted by Gasteiger charge is -2.15. The summed E-state index contributed by atoms with van der Waals surface area (Å²) >= 11 is 13.5. The van der Waals surface area contributed by atoms with Crippen molar-refractivity contribution < 1.29 is 19.1 Å². The third-order valence-corrected chi connectivity index (χ3v) is 7.31. The maximum atomic E-state index is 13.3. The van der Waals surface area contributed by atoms with Gasteiger partial charge in [-0.15, -0.1) is 0 Å². The molecule has 0 fully saturated rings. The van der Waals surface area contributed by atoms with Crippen LogP contribution in [0.2, 0.25) is 10.2 Å². The minimum atomic E-state index is -0.389. The average molecular weight is 571 g/mol. The fourth-order valence-electron chi connectivity index (χ4n) is 4.00. The monoisotopic (exact) mass is 570 g/mol. The number of hydrogen-bond acceptors (Lipinski definition) is 9. The molecule has 5 heterocycles. The van der Waals surface area contributed by atoms with Gasteiger partial charge in [-0.3, -0.25) is 19.9 Å². The molecule has 0 aliphatic carbocycles. The molecule has 0 aromatic carbocycles. The van der Waals surface area contributed by atoms with Crippen LogP contribution in [0.15, 0.2) is 36.7 Å². The van der Waals surface area contributed by atoms with Crippen molar-refractivity contribution in [2.75, 3.05) is 19.5 Å². The summed E-state index contributed by atoms with van der Waals surface area (Å²) in [5, 5.41) is 3.87. The molecule has 0 saturated carbocycles. The van der Waals surface area contributed by atoms with Crippen LogP contribution in [0.3, 0.4) is 0 Å². The number of fused-ring (bicyclic) bond motifs is 1. The topological polar surface area (TPSA) is 119 Å². The highest BCUT2D eigenvalue weighted by molar-refractivity contribution is 7.16. The van der Waals surface area contributed by atoms with Gasteiger partial charge < -0.3 is 14.4 Å². The Morgan fingerprint density at radius 3 is 2.58 bits per heavy atom. The number of aryl methyl sites for hydroxylation is 1. The van der Waals surface area contributed by atoms with Gasteiger partial charge in [0.2, 0.25) is 5.88 Å². The van der Waals surface area contributed by atoms with Gasteiger partial charge in [-0.1, -0.05) is 34.5 Å². The van der Waals surface area contributed by atoms with Gasteiger partial charge in [-0.25, -0.2) is 15.0 Å². The number of carbonyl (C=O) groups is 2. The zero-order chi connectivity index (χ0) is 27.0. The molecule has 0 saturated heterocycles. The van der Waals surface area contributed by atoms with Crippen LogP contribution in [0.25, 0.3) is 11.1 Å². The standard InChI is InChI=1S/C25H20Cl2N6O4S/c1-12-6-13(14-7-21(27)29-9-19(14)36-2)15(8-28-12)22(34)32-25-31-18-10-33(11-20(18)38-25)24(35)17-5-4-16(26)23(30-17)37-3/h4-9H,10-11H2,1-3H3,(H,31,32,34). The Balaban J connectivity index is 1.34. The zero-order valence-corrected chi connectivity index (χ0v) is 22.7. The highest BCUT2D eigenvalue weighted by atomic mass is 35.5. The maximum absolute atomic E-state index is 13.3. The first-order valence-electron chi connectivity index (χ1n) is 11.2. The van der Waals surface area contributed by atoms with Crippen LogP contribution in [0.4, 0.5) is 5.13 Å². The fourth-order valence-corrected chi connectivity index (χ4v) is 5.33. The minimum absolute atomic E-state index is 0.186. The number of rotatable bonds is 6. The fraction of sp³-hybridized carbons (Fsp3) is 0.200. The van der Waals surface area contributed by atoms with E-state index in [9.17, 15) is 9.59 Å². The number of ether oxygens (including phenoxy) is 2. The predicted octanol–water partition coefficient (Wildman–Crippen LogP) is 5.04. The first-order valence-corrected chi connectivity index (χ1v) is 12.8. The van der Waals surface area contributed by atoms with E-state index in [1.165, 1.54) is 38.0 Å². The molecule has 1 N–H and O–H groups in total.